The number of benzene rings is 1. The van der Waals surface area contributed by atoms with E-state index in [9.17, 15) is 14.7 Å². The molecule has 0 spiro atoms. The molecule has 1 aromatic rings. The summed E-state index contributed by atoms with van der Waals surface area (Å²) in [6.07, 6.45) is -0.196. The van der Waals surface area contributed by atoms with Crippen LogP contribution >= 0.6 is 0 Å². The first-order valence-electron chi connectivity index (χ1n) is 7.32. The van der Waals surface area contributed by atoms with Crippen LogP contribution in [0.2, 0.25) is 0 Å². The van der Waals surface area contributed by atoms with Gasteiger partial charge in [-0.2, -0.15) is 0 Å². The molecular weight excluding hydrogens is 286 g/mol. The summed E-state index contributed by atoms with van der Waals surface area (Å²) in [5.41, 5.74) is -0.291. The van der Waals surface area contributed by atoms with Crippen molar-refractivity contribution in [1.29, 1.82) is 0 Å². The molecule has 0 aromatic heterocycles. The van der Waals surface area contributed by atoms with Crippen molar-refractivity contribution >= 4 is 11.9 Å². The molecule has 6 nitrogen and oxygen atoms in total. The van der Waals surface area contributed by atoms with E-state index in [2.05, 4.69) is 5.32 Å². The van der Waals surface area contributed by atoms with Crippen LogP contribution in [0.15, 0.2) is 30.3 Å². The van der Waals surface area contributed by atoms with Gasteiger partial charge in [-0.1, -0.05) is 30.3 Å². The molecule has 1 heterocycles. The van der Waals surface area contributed by atoms with Crippen LogP contribution in [0, 0.1) is 0 Å². The lowest BCUT2D eigenvalue weighted by molar-refractivity contribution is -0.154. The predicted octanol–water partition coefficient (Wildman–Crippen LogP) is 1.34. The molecule has 1 atom stereocenters. The topological polar surface area (TPSA) is 84.9 Å². The monoisotopic (exact) mass is 307 g/mol. The largest absolute Gasteiger partial charge is 0.480 e. The first kappa shape index (κ1) is 16.5. The van der Waals surface area contributed by atoms with E-state index < -0.39 is 23.5 Å². The molecule has 1 aliphatic heterocycles. The maximum absolute atomic E-state index is 12.2. The third-order valence-corrected chi connectivity index (χ3v) is 3.83. The van der Waals surface area contributed by atoms with E-state index in [1.165, 1.54) is 0 Å². The van der Waals surface area contributed by atoms with Gasteiger partial charge in [-0.3, -0.25) is 4.79 Å². The average Bonchev–Trinajstić information content (AvgIpc) is 2.54. The highest BCUT2D eigenvalue weighted by molar-refractivity contribution is 5.89. The third-order valence-electron chi connectivity index (χ3n) is 3.83. The minimum Gasteiger partial charge on any atom is -0.480 e. The van der Waals surface area contributed by atoms with Gasteiger partial charge in [-0.05, 0) is 12.5 Å². The average molecular weight is 307 g/mol. The van der Waals surface area contributed by atoms with Crippen LogP contribution in [0.25, 0.3) is 0 Å². The van der Waals surface area contributed by atoms with Crippen molar-refractivity contribution in [3.8, 4) is 0 Å². The number of rotatable bonds is 6. The molecule has 0 bridgehead atoms. The van der Waals surface area contributed by atoms with E-state index in [0.717, 1.165) is 5.56 Å². The summed E-state index contributed by atoms with van der Waals surface area (Å²) in [4.78, 5) is 23.7. The first-order chi connectivity index (χ1) is 10.5. The van der Waals surface area contributed by atoms with Crippen molar-refractivity contribution in [3.63, 3.8) is 0 Å². The van der Waals surface area contributed by atoms with E-state index in [-0.39, 0.29) is 12.8 Å². The van der Waals surface area contributed by atoms with E-state index in [1.807, 2.05) is 30.3 Å². The second-order valence-corrected chi connectivity index (χ2v) is 5.43. The number of carboxylic acid groups (broad SMARTS) is 1. The lowest BCUT2D eigenvalue weighted by Gasteiger charge is -2.34. The van der Waals surface area contributed by atoms with Crippen LogP contribution in [-0.2, 0) is 25.7 Å². The summed E-state index contributed by atoms with van der Waals surface area (Å²) >= 11 is 0. The fourth-order valence-electron chi connectivity index (χ4n) is 2.32. The Morgan fingerprint density at radius 3 is 2.55 bits per heavy atom. The highest BCUT2D eigenvalue weighted by Gasteiger charge is 2.42. The summed E-state index contributed by atoms with van der Waals surface area (Å²) in [7, 11) is 0. The molecule has 6 heteroatoms. The molecule has 1 aliphatic rings. The van der Waals surface area contributed by atoms with Gasteiger partial charge in [-0.15, -0.1) is 0 Å². The number of aliphatic carboxylic acids is 1. The lowest BCUT2D eigenvalue weighted by atomic mass is 9.90. The molecule has 0 aliphatic carbocycles. The predicted molar refractivity (Wildman–Crippen MR) is 79.3 cm³/mol. The summed E-state index contributed by atoms with van der Waals surface area (Å²) < 4.78 is 10.7. The van der Waals surface area contributed by atoms with E-state index >= 15 is 0 Å². The SMILES string of the molecule is CC(OCc1ccccc1)C(=O)NC1(C(=O)O)CCOCC1. The van der Waals surface area contributed by atoms with Crippen LogP contribution < -0.4 is 5.32 Å². The smallest absolute Gasteiger partial charge is 0.329 e. The van der Waals surface area contributed by atoms with Gasteiger partial charge in [0.15, 0.2) is 0 Å². The second-order valence-electron chi connectivity index (χ2n) is 5.43. The van der Waals surface area contributed by atoms with Gasteiger partial charge in [0.25, 0.3) is 0 Å². The van der Waals surface area contributed by atoms with E-state index in [4.69, 9.17) is 9.47 Å². The Morgan fingerprint density at radius 2 is 1.95 bits per heavy atom. The molecule has 120 valence electrons. The van der Waals surface area contributed by atoms with Crippen LogP contribution in [0.5, 0.6) is 0 Å². The number of amides is 1. The van der Waals surface area contributed by atoms with Crippen molar-refractivity contribution in [2.45, 2.75) is 38.0 Å². The van der Waals surface area contributed by atoms with Crippen LogP contribution in [-0.4, -0.2) is 41.8 Å². The second kappa shape index (κ2) is 7.38. The Kier molecular flexibility index (Phi) is 5.51. The summed E-state index contributed by atoms with van der Waals surface area (Å²) in [6, 6.07) is 9.50. The first-order valence-corrected chi connectivity index (χ1v) is 7.32. The Balaban J connectivity index is 1.90. The molecule has 0 saturated carbocycles. The number of nitrogens with one attached hydrogen (secondary N) is 1. The fourth-order valence-corrected chi connectivity index (χ4v) is 2.32. The van der Waals surface area contributed by atoms with Gasteiger partial charge in [0.2, 0.25) is 5.91 Å². The number of carboxylic acids is 1. The van der Waals surface area contributed by atoms with Crippen molar-refractivity contribution in [2.24, 2.45) is 0 Å². The van der Waals surface area contributed by atoms with Gasteiger partial charge >= 0.3 is 5.97 Å². The normalized spacial score (nSPS) is 18.4. The number of carbonyl (C=O) groups is 2. The van der Waals surface area contributed by atoms with E-state index in [1.54, 1.807) is 6.92 Å². The standard InChI is InChI=1S/C16H21NO5/c1-12(22-11-13-5-3-2-4-6-13)14(18)17-16(15(19)20)7-9-21-10-8-16/h2-6,12H,7-11H2,1H3,(H,17,18)(H,19,20). The van der Waals surface area contributed by atoms with Gasteiger partial charge in [0.05, 0.1) is 6.61 Å². The molecule has 1 fully saturated rings. The minimum atomic E-state index is -1.25. The van der Waals surface area contributed by atoms with Crippen molar-refractivity contribution in [1.82, 2.24) is 5.32 Å². The number of carbonyl (C=O) groups excluding carboxylic acids is 1. The van der Waals surface area contributed by atoms with Crippen LogP contribution in [0.1, 0.15) is 25.3 Å². The van der Waals surface area contributed by atoms with E-state index in [0.29, 0.717) is 19.8 Å². The highest BCUT2D eigenvalue weighted by Crippen LogP contribution is 2.21. The number of hydrogen-bond acceptors (Lipinski definition) is 4. The molecular formula is C16H21NO5. The Labute approximate surface area is 129 Å². The van der Waals surface area contributed by atoms with Crippen LogP contribution in [0.4, 0.5) is 0 Å². The third kappa shape index (κ3) is 4.05. The molecule has 2 N–H and O–H groups in total. The molecule has 2 rings (SSSR count). The zero-order chi connectivity index (χ0) is 16.0. The highest BCUT2D eigenvalue weighted by atomic mass is 16.5. The number of ether oxygens (including phenoxy) is 2. The summed E-state index contributed by atoms with van der Waals surface area (Å²) in [6.45, 7) is 2.57. The lowest BCUT2D eigenvalue weighted by Crippen LogP contribution is -2.59. The molecule has 1 aromatic carbocycles. The maximum atomic E-state index is 12.2. The molecule has 1 unspecified atom stereocenters. The van der Waals surface area contributed by atoms with Crippen molar-refractivity contribution in [2.75, 3.05) is 13.2 Å². The van der Waals surface area contributed by atoms with Gasteiger partial charge < -0.3 is 19.9 Å². The quantitative estimate of drug-likeness (QED) is 0.828. The fraction of sp³-hybridized carbons (Fsp3) is 0.500. The molecule has 0 radical (unpaired) electrons. The van der Waals surface area contributed by atoms with Gasteiger partial charge in [-0.25, -0.2) is 4.79 Å². The zero-order valence-corrected chi connectivity index (χ0v) is 12.6. The van der Waals surface area contributed by atoms with Crippen molar-refractivity contribution in [3.05, 3.63) is 35.9 Å². The molecule has 22 heavy (non-hydrogen) atoms. The Bertz CT molecular complexity index is 511. The minimum absolute atomic E-state index is 0.263. The van der Waals surface area contributed by atoms with Crippen LogP contribution in [0.3, 0.4) is 0 Å². The summed E-state index contributed by atoms with van der Waals surface area (Å²) in [5, 5.41) is 12.0. The Morgan fingerprint density at radius 1 is 1.32 bits per heavy atom. The van der Waals surface area contributed by atoms with Crippen molar-refractivity contribution < 1.29 is 24.2 Å². The molecule has 1 saturated heterocycles. The Hall–Kier alpha value is -1.92. The number of hydrogen-bond donors (Lipinski definition) is 2. The maximum Gasteiger partial charge on any atom is 0.329 e. The van der Waals surface area contributed by atoms with Gasteiger partial charge in [0.1, 0.15) is 11.6 Å². The zero-order valence-electron chi connectivity index (χ0n) is 12.6. The molecule has 1 amide bonds. The van der Waals surface area contributed by atoms with Gasteiger partial charge in [0, 0.05) is 26.1 Å². The summed E-state index contributed by atoms with van der Waals surface area (Å²) in [5.74, 6) is -1.44.